The van der Waals surface area contributed by atoms with Gasteiger partial charge in [-0.05, 0) is 68.0 Å². The lowest BCUT2D eigenvalue weighted by molar-refractivity contribution is -0.114. The first kappa shape index (κ1) is 24.3. The van der Waals surface area contributed by atoms with Crippen LogP contribution in [0.15, 0.2) is 78.9 Å². The third-order valence-corrected chi connectivity index (χ3v) is 6.05. The fourth-order valence-electron chi connectivity index (χ4n) is 4.20. The lowest BCUT2D eigenvalue weighted by Crippen LogP contribution is -2.35. The number of hydrogen-bond donors (Lipinski definition) is 2. The molecule has 0 radical (unpaired) electrons. The van der Waals surface area contributed by atoms with E-state index in [2.05, 4.69) is 22.8 Å². The van der Waals surface area contributed by atoms with Crippen molar-refractivity contribution in [2.45, 2.75) is 32.1 Å². The summed E-state index contributed by atoms with van der Waals surface area (Å²) in [5, 5.41) is 6.02. The van der Waals surface area contributed by atoms with Crippen LogP contribution in [0.25, 0.3) is 0 Å². The summed E-state index contributed by atoms with van der Waals surface area (Å²) in [7, 11) is 0. The van der Waals surface area contributed by atoms with Crippen LogP contribution in [0.2, 0.25) is 0 Å². The lowest BCUT2D eigenvalue weighted by Gasteiger charge is -2.26. The van der Waals surface area contributed by atoms with Gasteiger partial charge in [-0.25, -0.2) is 0 Å². The van der Waals surface area contributed by atoms with Gasteiger partial charge in [0.05, 0.1) is 13.2 Å². The van der Waals surface area contributed by atoms with Crippen LogP contribution >= 0.6 is 0 Å². The van der Waals surface area contributed by atoms with Gasteiger partial charge < -0.3 is 20.3 Å². The fraction of sp³-hybridized carbons (Fsp3) is 0.310. The monoisotopic (exact) mass is 471 g/mol. The molecule has 1 heterocycles. The molecule has 3 aromatic carbocycles. The van der Waals surface area contributed by atoms with Crippen molar-refractivity contribution in [2.75, 3.05) is 36.9 Å². The van der Waals surface area contributed by atoms with Gasteiger partial charge in [0.1, 0.15) is 5.75 Å². The van der Waals surface area contributed by atoms with Crippen LogP contribution in [0.3, 0.4) is 0 Å². The first-order valence-corrected chi connectivity index (χ1v) is 12.4. The molecule has 2 amide bonds. The van der Waals surface area contributed by atoms with Gasteiger partial charge in [-0.15, -0.1) is 0 Å². The molecule has 0 saturated carbocycles. The molecular formula is C29H33N3O3. The fourth-order valence-corrected chi connectivity index (χ4v) is 4.20. The van der Waals surface area contributed by atoms with Crippen molar-refractivity contribution in [3.05, 3.63) is 90.0 Å². The minimum Gasteiger partial charge on any atom is -0.494 e. The largest absolute Gasteiger partial charge is 0.494 e. The van der Waals surface area contributed by atoms with E-state index in [9.17, 15) is 9.59 Å². The number of carbonyl (C=O) groups excluding carboxylic acids is 2. The molecule has 6 nitrogen and oxygen atoms in total. The van der Waals surface area contributed by atoms with E-state index in [1.165, 1.54) is 12.0 Å². The average Bonchev–Trinajstić information content (AvgIpc) is 2.91. The second kappa shape index (κ2) is 12.6. The highest BCUT2D eigenvalue weighted by atomic mass is 16.5. The predicted molar refractivity (Wildman–Crippen MR) is 140 cm³/mol. The number of aryl methyl sites for hydroxylation is 1. The van der Waals surface area contributed by atoms with E-state index in [0.717, 1.165) is 50.2 Å². The van der Waals surface area contributed by atoms with Gasteiger partial charge in [0.15, 0.2) is 0 Å². The number of amides is 2. The number of benzene rings is 3. The SMILES string of the molecule is O=C(CNc1cccc(OCCCc2ccccc2)c1)Nc1cccc(C(=O)N2CCCCC2)c1. The maximum Gasteiger partial charge on any atom is 0.253 e. The van der Waals surface area contributed by atoms with Crippen molar-refractivity contribution >= 4 is 23.2 Å². The number of rotatable bonds is 10. The molecule has 0 atom stereocenters. The highest BCUT2D eigenvalue weighted by Gasteiger charge is 2.18. The van der Waals surface area contributed by atoms with Gasteiger partial charge in [-0.2, -0.15) is 0 Å². The molecule has 1 fully saturated rings. The molecule has 35 heavy (non-hydrogen) atoms. The van der Waals surface area contributed by atoms with E-state index in [0.29, 0.717) is 17.9 Å². The predicted octanol–water partition coefficient (Wildman–Crippen LogP) is 5.37. The Morgan fingerprint density at radius 2 is 1.60 bits per heavy atom. The maximum atomic E-state index is 12.7. The van der Waals surface area contributed by atoms with Crippen LogP contribution in [-0.4, -0.2) is 43.0 Å². The van der Waals surface area contributed by atoms with Crippen molar-refractivity contribution in [2.24, 2.45) is 0 Å². The van der Waals surface area contributed by atoms with Gasteiger partial charge in [-0.1, -0.05) is 42.5 Å². The quantitative estimate of drug-likeness (QED) is 0.390. The number of hydrogen-bond acceptors (Lipinski definition) is 4. The second-order valence-corrected chi connectivity index (χ2v) is 8.80. The summed E-state index contributed by atoms with van der Waals surface area (Å²) in [4.78, 5) is 27.1. The lowest BCUT2D eigenvalue weighted by atomic mass is 10.1. The Kier molecular flexibility index (Phi) is 8.76. The molecule has 0 bridgehead atoms. The molecule has 4 rings (SSSR count). The minimum absolute atomic E-state index is 0.0273. The van der Waals surface area contributed by atoms with Crippen LogP contribution < -0.4 is 15.4 Å². The number of piperidine rings is 1. The van der Waals surface area contributed by atoms with E-state index in [-0.39, 0.29) is 18.4 Å². The summed E-state index contributed by atoms with van der Waals surface area (Å²) >= 11 is 0. The zero-order valence-corrected chi connectivity index (χ0v) is 20.0. The third-order valence-electron chi connectivity index (χ3n) is 6.05. The molecule has 0 aliphatic carbocycles. The summed E-state index contributed by atoms with van der Waals surface area (Å²) in [6.07, 6.45) is 5.19. The topological polar surface area (TPSA) is 70.7 Å². The highest BCUT2D eigenvalue weighted by molar-refractivity contribution is 5.98. The minimum atomic E-state index is -0.179. The Balaban J connectivity index is 1.22. The van der Waals surface area contributed by atoms with Gasteiger partial charge in [0.25, 0.3) is 5.91 Å². The van der Waals surface area contributed by atoms with Gasteiger partial charge in [-0.3, -0.25) is 9.59 Å². The summed E-state index contributed by atoms with van der Waals surface area (Å²) < 4.78 is 5.88. The van der Waals surface area contributed by atoms with Crippen molar-refractivity contribution < 1.29 is 14.3 Å². The molecule has 182 valence electrons. The van der Waals surface area contributed by atoms with E-state index in [1.54, 1.807) is 24.3 Å². The molecule has 0 unspecified atom stereocenters. The van der Waals surface area contributed by atoms with Crippen LogP contribution in [0.5, 0.6) is 5.75 Å². The second-order valence-electron chi connectivity index (χ2n) is 8.80. The third kappa shape index (κ3) is 7.60. The normalized spacial score (nSPS) is 13.2. The first-order chi connectivity index (χ1) is 17.2. The summed E-state index contributed by atoms with van der Waals surface area (Å²) in [6, 6.07) is 25.1. The van der Waals surface area contributed by atoms with Crippen molar-refractivity contribution in [3.8, 4) is 5.75 Å². The van der Waals surface area contributed by atoms with E-state index < -0.39 is 0 Å². The summed E-state index contributed by atoms with van der Waals surface area (Å²) in [5.41, 5.74) is 3.35. The highest BCUT2D eigenvalue weighted by Crippen LogP contribution is 2.19. The number of nitrogens with zero attached hydrogens (tertiary/aromatic N) is 1. The molecule has 1 saturated heterocycles. The standard InChI is InChI=1S/C29H33N3O3/c33-28(31-26-15-7-13-24(20-26)29(34)32-17-5-2-6-18-32)22-30-25-14-8-16-27(21-25)35-19-9-12-23-10-3-1-4-11-23/h1,3-4,7-8,10-11,13-16,20-21,30H,2,5-6,9,12,17-19,22H2,(H,31,33). The van der Waals surface area contributed by atoms with Crippen molar-refractivity contribution in [1.82, 2.24) is 4.90 Å². The number of anilines is 2. The number of ether oxygens (including phenoxy) is 1. The van der Waals surface area contributed by atoms with E-state index >= 15 is 0 Å². The van der Waals surface area contributed by atoms with Crippen LogP contribution in [0.4, 0.5) is 11.4 Å². The molecule has 0 spiro atoms. The Morgan fingerprint density at radius 3 is 2.43 bits per heavy atom. The number of likely N-dealkylation sites (tertiary alicyclic amines) is 1. The Morgan fingerprint density at radius 1 is 0.829 bits per heavy atom. The zero-order chi connectivity index (χ0) is 24.3. The summed E-state index contributed by atoms with van der Waals surface area (Å²) in [6.45, 7) is 2.34. The van der Waals surface area contributed by atoms with Crippen molar-refractivity contribution in [1.29, 1.82) is 0 Å². The smallest absolute Gasteiger partial charge is 0.253 e. The molecule has 1 aliphatic heterocycles. The van der Waals surface area contributed by atoms with Gasteiger partial charge >= 0.3 is 0 Å². The Bertz CT molecular complexity index is 1110. The zero-order valence-electron chi connectivity index (χ0n) is 20.0. The van der Waals surface area contributed by atoms with Crippen molar-refractivity contribution in [3.63, 3.8) is 0 Å². The van der Waals surface area contributed by atoms with Crippen LogP contribution in [0, 0.1) is 0 Å². The number of nitrogens with one attached hydrogen (secondary N) is 2. The number of carbonyl (C=O) groups is 2. The molecule has 6 heteroatoms. The average molecular weight is 472 g/mol. The molecule has 2 N–H and O–H groups in total. The molecule has 3 aromatic rings. The molecule has 0 aromatic heterocycles. The van der Waals surface area contributed by atoms with E-state index in [4.69, 9.17) is 4.74 Å². The molecular weight excluding hydrogens is 438 g/mol. The first-order valence-electron chi connectivity index (χ1n) is 12.4. The van der Waals surface area contributed by atoms with E-state index in [1.807, 2.05) is 47.4 Å². The maximum absolute atomic E-state index is 12.7. The Hall–Kier alpha value is -3.80. The van der Waals surface area contributed by atoms with Gasteiger partial charge in [0, 0.05) is 36.1 Å². The summed E-state index contributed by atoms with van der Waals surface area (Å²) in [5.74, 6) is 0.619. The Labute approximate surface area is 207 Å². The molecule has 1 aliphatic rings. The van der Waals surface area contributed by atoms with Crippen LogP contribution in [0.1, 0.15) is 41.6 Å². The van der Waals surface area contributed by atoms with Crippen LogP contribution in [-0.2, 0) is 11.2 Å². The van der Waals surface area contributed by atoms with Gasteiger partial charge in [0.2, 0.25) is 5.91 Å².